The minimum atomic E-state index is -0.998. The number of fused-ring (bicyclic) bond motifs is 1. The Balaban J connectivity index is 1.74. The molecule has 0 spiro atoms. The lowest BCUT2D eigenvalue weighted by molar-refractivity contribution is -0.290. The normalized spacial score (nSPS) is 42.8. The van der Waals surface area contributed by atoms with Crippen LogP contribution in [0.2, 0.25) is 0 Å². The van der Waals surface area contributed by atoms with Gasteiger partial charge in [-0.25, -0.2) is 4.79 Å². The summed E-state index contributed by atoms with van der Waals surface area (Å²) in [4.78, 5) is 17.7. The van der Waals surface area contributed by atoms with Gasteiger partial charge in [-0.15, -0.1) is 0 Å². The lowest BCUT2D eigenvalue weighted by Gasteiger charge is -2.30. The number of carbonyl (C=O) groups is 1. The summed E-state index contributed by atoms with van der Waals surface area (Å²) in [6.07, 6.45) is -0.705. The highest BCUT2D eigenvalue weighted by molar-refractivity contribution is 5.79. The zero-order chi connectivity index (χ0) is 16.8. The van der Waals surface area contributed by atoms with Crippen LogP contribution in [0.4, 0.5) is 0 Å². The summed E-state index contributed by atoms with van der Waals surface area (Å²) in [6, 6.07) is 0. The summed E-state index contributed by atoms with van der Waals surface area (Å²) >= 11 is 0. The number of nitrogens with zero attached hydrogens (tertiary/aromatic N) is 1. The molecule has 3 saturated heterocycles. The molecule has 5 unspecified atom stereocenters. The van der Waals surface area contributed by atoms with Crippen molar-refractivity contribution in [2.45, 2.75) is 63.1 Å². The summed E-state index contributed by atoms with van der Waals surface area (Å²) in [5.74, 6) is -1.08. The first-order valence-corrected chi connectivity index (χ1v) is 7.84. The van der Waals surface area contributed by atoms with Gasteiger partial charge in [0.25, 0.3) is 0 Å². The molecule has 8 nitrogen and oxygen atoms in total. The molecule has 0 aromatic rings. The third-order valence-electron chi connectivity index (χ3n) is 4.49. The molecule has 3 aliphatic heterocycles. The van der Waals surface area contributed by atoms with Crippen LogP contribution in [-0.2, 0) is 33.3 Å². The van der Waals surface area contributed by atoms with E-state index in [9.17, 15) is 4.79 Å². The van der Waals surface area contributed by atoms with Crippen LogP contribution in [0.5, 0.6) is 0 Å². The van der Waals surface area contributed by atoms with Crippen LogP contribution >= 0.6 is 0 Å². The average Bonchev–Trinajstić information content (AvgIpc) is 3.12. The maximum Gasteiger partial charge on any atom is 0.340 e. The minimum absolute atomic E-state index is 0.233. The van der Waals surface area contributed by atoms with Gasteiger partial charge in [0.15, 0.2) is 17.6 Å². The van der Waals surface area contributed by atoms with Crippen molar-refractivity contribution in [3.63, 3.8) is 0 Å². The van der Waals surface area contributed by atoms with Gasteiger partial charge < -0.3 is 23.7 Å². The molecular formula is C15H25NO7. The maximum atomic E-state index is 11.9. The van der Waals surface area contributed by atoms with E-state index in [0.29, 0.717) is 19.6 Å². The Morgan fingerprint density at radius 3 is 2.57 bits per heavy atom. The fraction of sp³-hybridized carbons (Fsp3) is 0.933. The number of hydroxylamine groups is 2. The Kier molecular flexibility index (Phi) is 4.41. The minimum Gasteiger partial charge on any atom is -0.467 e. The number of methoxy groups -OCH3 is 2. The molecule has 5 atom stereocenters. The highest BCUT2D eigenvalue weighted by Gasteiger charge is 2.59. The first kappa shape index (κ1) is 17.1. The number of carbonyl (C=O) groups excluding carboxylic acids is 1. The van der Waals surface area contributed by atoms with Gasteiger partial charge in [-0.05, 0) is 20.8 Å². The molecule has 3 fully saturated rings. The molecule has 0 saturated carbocycles. The van der Waals surface area contributed by atoms with Crippen LogP contribution in [0.1, 0.15) is 27.2 Å². The molecular weight excluding hydrogens is 306 g/mol. The van der Waals surface area contributed by atoms with Crippen LogP contribution in [-0.4, -0.2) is 74.3 Å². The molecule has 0 radical (unpaired) electrons. The zero-order valence-electron chi connectivity index (χ0n) is 14.2. The van der Waals surface area contributed by atoms with Crippen LogP contribution in [0.15, 0.2) is 0 Å². The van der Waals surface area contributed by atoms with E-state index in [-0.39, 0.29) is 18.3 Å². The first-order chi connectivity index (χ1) is 10.8. The summed E-state index contributed by atoms with van der Waals surface area (Å²) in [6.45, 7) is 6.40. The Labute approximate surface area is 135 Å². The molecule has 23 heavy (non-hydrogen) atoms. The van der Waals surface area contributed by atoms with Crippen molar-refractivity contribution in [1.29, 1.82) is 0 Å². The molecule has 0 N–H and O–H groups in total. The van der Waals surface area contributed by atoms with E-state index in [1.54, 1.807) is 19.1 Å². The van der Waals surface area contributed by atoms with E-state index < -0.39 is 23.6 Å². The van der Waals surface area contributed by atoms with E-state index in [1.165, 1.54) is 7.11 Å². The number of hydrogen-bond donors (Lipinski definition) is 0. The average molecular weight is 331 g/mol. The number of esters is 1. The fourth-order valence-corrected chi connectivity index (χ4v) is 3.40. The highest BCUT2D eigenvalue weighted by Crippen LogP contribution is 2.42. The summed E-state index contributed by atoms with van der Waals surface area (Å²) in [5.41, 5.74) is -0.998. The Morgan fingerprint density at radius 1 is 1.22 bits per heavy atom. The molecule has 3 heterocycles. The number of hydrogen-bond acceptors (Lipinski definition) is 8. The van der Waals surface area contributed by atoms with Gasteiger partial charge in [-0.2, -0.15) is 5.06 Å². The summed E-state index contributed by atoms with van der Waals surface area (Å²) < 4.78 is 28.0. The third kappa shape index (κ3) is 2.99. The van der Waals surface area contributed by atoms with E-state index >= 15 is 0 Å². The monoisotopic (exact) mass is 331 g/mol. The van der Waals surface area contributed by atoms with Gasteiger partial charge >= 0.3 is 5.97 Å². The lowest BCUT2D eigenvalue weighted by Crippen LogP contribution is -2.45. The number of rotatable bonds is 4. The standard InChI is InChI=1S/C15H25NO7/c1-14(2)21-10-9(8-18-4)20-12(11(10)22-14)16-7-6-15(3,23-16)13(17)19-5/h9-12H,6-8H2,1-5H3. The van der Waals surface area contributed by atoms with E-state index in [0.717, 1.165) is 0 Å². The van der Waals surface area contributed by atoms with Crippen LogP contribution in [0.3, 0.4) is 0 Å². The highest BCUT2D eigenvalue weighted by atomic mass is 16.8. The first-order valence-electron chi connectivity index (χ1n) is 7.84. The zero-order valence-corrected chi connectivity index (χ0v) is 14.2. The second-order valence-electron chi connectivity index (χ2n) is 6.79. The molecule has 132 valence electrons. The van der Waals surface area contributed by atoms with Gasteiger partial charge in [-0.3, -0.25) is 4.84 Å². The van der Waals surface area contributed by atoms with E-state index in [4.69, 9.17) is 28.5 Å². The molecule has 3 aliphatic rings. The maximum absolute atomic E-state index is 11.9. The SMILES string of the molecule is COCC1OC(N2CCC(C)(C(=O)OC)O2)C2OC(C)(C)OC12. The largest absolute Gasteiger partial charge is 0.467 e. The van der Waals surface area contributed by atoms with Crippen molar-refractivity contribution in [1.82, 2.24) is 5.06 Å². The molecule has 0 aliphatic carbocycles. The smallest absolute Gasteiger partial charge is 0.340 e. The molecule has 0 aromatic carbocycles. The van der Waals surface area contributed by atoms with E-state index in [1.807, 2.05) is 13.8 Å². The van der Waals surface area contributed by atoms with Gasteiger partial charge in [0.2, 0.25) is 0 Å². The van der Waals surface area contributed by atoms with Crippen molar-refractivity contribution in [3.05, 3.63) is 0 Å². The predicted octanol–water partition coefficient (Wildman–Crippen LogP) is 0.447. The summed E-state index contributed by atoms with van der Waals surface area (Å²) in [5, 5.41) is 1.66. The molecule has 8 heteroatoms. The van der Waals surface area contributed by atoms with Crippen LogP contribution < -0.4 is 0 Å². The summed E-state index contributed by atoms with van der Waals surface area (Å²) in [7, 11) is 2.97. The van der Waals surface area contributed by atoms with Crippen molar-refractivity contribution >= 4 is 5.97 Å². The lowest BCUT2D eigenvalue weighted by atomic mass is 10.0. The van der Waals surface area contributed by atoms with Crippen molar-refractivity contribution < 1.29 is 33.3 Å². The second-order valence-corrected chi connectivity index (χ2v) is 6.79. The molecule has 0 amide bonds. The van der Waals surface area contributed by atoms with Gasteiger partial charge in [-0.1, -0.05) is 0 Å². The Bertz CT molecular complexity index is 471. The van der Waals surface area contributed by atoms with Crippen molar-refractivity contribution in [3.8, 4) is 0 Å². The van der Waals surface area contributed by atoms with Crippen molar-refractivity contribution in [2.24, 2.45) is 0 Å². The fourth-order valence-electron chi connectivity index (χ4n) is 3.40. The topological polar surface area (TPSA) is 75.7 Å². The third-order valence-corrected chi connectivity index (χ3v) is 4.49. The number of ether oxygens (including phenoxy) is 5. The van der Waals surface area contributed by atoms with E-state index in [2.05, 4.69) is 0 Å². The van der Waals surface area contributed by atoms with Crippen LogP contribution in [0.25, 0.3) is 0 Å². The Morgan fingerprint density at radius 2 is 1.91 bits per heavy atom. The molecule has 3 rings (SSSR count). The molecule has 0 aromatic heterocycles. The van der Waals surface area contributed by atoms with Gasteiger partial charge in [0.05, 0.1) is 13.7 Å². The quantitative estimate of drug-likeness (QED) is 0.687. The molecule has 0 bridgehead atoms. The van der Waals surface area contributed by atoms with Crippen molar-refractivity contribution in [2.75, 3.05) is 27.4 Å². The predicted molar refractivity (Wildman–Crippen MR) is 77.2 cm³/mol. The second kappa shape index (κ2) is 5.94. The Hall–Kier alpha value is -0.770. The van der Waals surface area contributed by atoms with Gasteiger partial charge in [0.1, 0.15) is 18.3 Å². The van der Waals surface area contributed by atoms with Crippen LogP contribution in [0, 0.1) is 0 Å². The van der Waals surface area contributed by atoms with Gasteiger partial charge in [0, 0.05) is 20.1 Å².